The van der Waals surface area contributed by atoms with Crippen molar-refractivity contribution in [2.75, 3.05) is 55.1 Å². The van der Waals surface area contributed by atoms with Gasteiger partial charge in [0.2, 0.25) is 0 Å². The van der Waals surface area contributed by atoms with Crippen LogP contribution in [0.25, 0.3) is 0 Å². The highest BCUT2D eigenvalue weighted by Crippen LogP contribution is 2.39. The highest BCUT2D eigenvalue weighted by molar-refractivity contribution is 7.80. The first-order valence-corrected chi connectivity index (χ1v) is 11.0. The molecule has 0 aromatic heterocycles. The molecule has 30 heavy (non-hydrogen) atoms. The number of nitrogens with zero attached hydrogens (tertiary/aromatic N) is 1. The Kier molecular flexibility index (Phi) is 8.16. The highest BCUT2D eigenvalue weighted by atomic mass is 32.1. The van der Waals surface area contributed by atoms with Crippen LogP contribution < -0.4 is 25.0 Å². The fourth-order valence-electron chi connectivity index (χ4n) is 3.35. The summed E-state index contributed by atoms with van der Waals surface area (Å²) in [4.78, 5) is 2.27. The van der Waals surface area contributed by atoms with Gasteiger partial charge in [-0.15, -0.1) is 0 Å². The lowest BCUT2D eigenvalue weighted by molar-refractivity contribution is 0.122. The number of benzene rings is 2. The number of thiocarbonyl (C=S) groups is 1. The van der Waals surface area contributed by atoms with Crippen LogP contribution in [-0.4, -0.2) is 44.6 Å². The Hall–Kier alpha value is -2.51. The van der Waals surface area contributed by atoms with Crippen LogP contribution >= 0.6 is 12.2 Å². The van der Waals surface area contributed by atoms with E-state index >= 15 is 0 Å². The van der Waals surface area contributed by atoms with Crippen molar-refractivity contribution in [3.63, 3.8) is 0 Å². The van der Waals surface area contributed by atoms with Crippen LogP contribution in [-0.2, 0) is 11.2 Å². The fraction of sp³-hybridized carbons (Fsp3) is 0.435. The zero-order chi connectivity index (χ0) is 21.3. The molecule has 6 nitrogen and oxygen atoms in total. The molecule has 0 bridgehead atoms. The van der Waals surface area contributed by atoms with E-state index in [9.17, 15) is 0 Å². The van der Waals surface area contributed by atoms with Crippen molar-refractivity contribution in [1.82, 2.24) is 0 Å². The molecule has 0 amide bonds. The summed E-state index contributed by atoms with van der Waals surface area (Å²) in [6.45, 7) is 10.3. The molecule has 0 spiro atoms. The third-order valence-corrected chi connectivity index (χ3v) is 5.08. The van der Waals surface area contributed by atoms with E-state index in [1.54, 1.807) is 0 Å². The Morgan fingerprint density at radius 1 is 0.967 bits per heavy atom. The van der Waals surface area contributed by atoms with Gasteiger partial charge in [-0.05, 0) is 50.2 Å². The molecular formula is C23H31N3O3S. The normalized spacial score (nSPS) is 13.6. The molecule has 162 valence electrons. The Morgan fingerprint density at radius 2 is 1.63 bits per heavy atom. The Bertz CT molecular complexity index is 836. The molecule has 2 N–H and O–H groups in total. The standard InChI is InChI=1S/C23H31N3O3S/c1-4-17-7-9-18(10-8-17)24-23(30)25-19-15-22(29-6-3)20(16-21(19)28-5-2)26-11-13-27-14-12-26/h7-10,15-16H,4-6,11-14H2,1-3H3,(H2,24,25,30). The van der Waals surface area contributed by atoms with Gasteiger partial charge in [0.15, 0.2) is 5.11 Å². The van der Waals surface area contributed by atoms with E-state index in [2.05, 4.69) is 34.6 Å². The monoisotopic (exact) mass is 429 g/mol. The molecule has 1 saturated heterocycles. The lowest BCUT2D eigenvalue weighted by atomic mass is 10.1. The van der Waals surface area contributed by atoms with Gasteiger partial charge in [-0.3, -0.25) is 0 Å². The van der Waals surface area contributed by atoms with Crippen molar-refractivity contribution in [2.24, 2.45) is 0 Å². The second-order valence-electron chi connectivity index (χ2n) is 6.91. The molecule has 7 heteroatoms. The fourth-order valence-corrected chi connectivity index (χ4v) is 3.58. The number of morpholine rings is 1. The topological polar surface area (TPSA) is 55.0 Å². The third kappa shape index (κ3) is 5.77. The smallest absolute Gasteiger partial charge is 0.175 e. The SMILES string of the molecule is CCOc1cc(N2CCOCC2)c(OCC)cc1NC(=S)Nc1ccc(CC)cc1. The predicted octanol–water partition coefficient (Wildman–Crippen LogP) is 4.69. The van der Waals surface area contributed by atoms with Crippen molar-refractivity contribution < 1.29 is 14.2 Å². The Balaban J connectivity index is 1.82. The van der Waals surface area contributed by atoms with Crippen LogP contribution in [0, 0.1) is 0 Å². The summed E-state index contributed by atoms with van der Waals surface area (Å²) < 4.78 is 17.4. The third-order valence-electron chi connectivity index (χ3n) is 4.88. The van der Waals surface area contributed by atoms with Gasteiger partial charge < -0.3 is 29.7 Å². The average Bonchev–Trinajstić information content (AvgIpc) is 2.77. The first-order valence-electron chi connectivity index (χ1n) is 10.6. The van der Waals surface area contributed by atoms with Crippen molar-refractivity contribution >= 4 is 34.4 Å². The summed E-state index contributed by atoms with van der Waals surface area (Å²) in [6, 6.07) is 12.3. The van der Waals surface area contributed by atoms with E-state index in [4.69, 9.17) is 26.4 Å². The van der Waals surface area contributed by atoms with E-state index in [1.807, 2.05) is 38.1 Å². The van der Waals surface area contributed by atoms with Crippen LogP contribution in [0.2, 0.25) is 0 Å². The van der Waals surface area contributed by atoms with E-state index in [0.717, 1.165) is 48.1 Å². The quantitative estimate of drug-likeness (QED) is 0.590. The molecule has 1 fully saturated rings. The van der Waals surface area contributed by atoms with Gasteiger partial charge in [0.1, 0.15) is 11.5 Å². The van der Waals surface area contributed by atoms with E-state index in [0.29, 0.717) is 31.5 Å². The molecule has 2 aromatic carbocycles. The number of hydrogen-bond acceptors (Lipinski definition) is 5. The van der Waals surface area contributed by atoms with Crippen LogP contribution in [0.5, 0.6) is 11.5 Å². The summed E-state index contributed by atoms with van der Waals surface area (Å²) in [5, 5.41) is 7.01. The molecule has 0 unspecified atom stereocenters. The second kappa shape index (κ2) is 11.0. The van der Waals surface area contributed by atoms with Crippen molar-refractivity contribution in [3.8, 4) is 11.5 Å². The molecule has 2 aromatic rings. The van der Waals surface area contributed by atoms with Gasteiger partial charge >= 0.3 is 0 Å². The lowest BCUT2D eigenvalue weighted by Crippen LogP contribution is -2.36. The van der Waals surface area contributed by atoms with Gasteiger partial charge in [-0.1, -0.05) is 19.1 Å². The summed E-state index contributed by atoms with van der Waals surface area (Å²) in [7, 11) is 0. The van der Waals surface area contributed by atoms with Gasteiger partial charge in [0.25, 0.3) is 0 Å². The number of aryl methyl sites for hydroxylation is 1. The van der Waals surface area contributed by atoms with Gasteiger partial charge in [-0.2, -0.15) is 0 Å². The molecule has 0 atom stereocenters. The molecule has 0 aliphatic carbocycles. The Morgan fingerprint density at radius 3 is 2.27 bits per heavy atom. The summed E-state index contributed by atoms with van der Waals surface area (Å²) >= 11 is 5.54. The number of rotatable bonds is 8. The van der Waals surface area contributed by atoms with Crippen LogP contribution in [0.3, 0.4) is 0 Å². The predicted molar refractivity (Wildman–Crippen MR) is 127 cm³/mol. The first-order chi connectivity index (χ1) is 14.6. The van der Waals surface area contributed by atoms with Crippen molar-refractivity contribution in [1.29, 1.82) is 0 Å². The summed E-state index contributed by atoms with van der Waals surface area (Å²) in [5.41, 5.74) is 4.03. The maximum absolute atomic E-state index is 5.95. The molecule has 0 radical (unpaired) electrons. The number of nitrogens with one attached hydrogen (secondary N) is 2. The van der Waals surface area contributed by atoms with Gasteiger partial charge in [0.05, 0.1) is 37.8 Å². The molecule has 1 aliphatic rings. The highest BCUT2D eigenvalue weighted by Gasteiger charge is 2.20. The maximum Gasteiger partial charge on any atom is 0.175 e. The lowest BCUT2D eigenvalue weighted by Gasteiger charge is -2.31. The van der Waals surface area contributed by atoms with Gasteiger partial charge in [0, 0.05) is 30.9 Å². The number of hydrogen-bond donors (Lipinski definition) is 2. The average molecular weight is 430 g/mol. The van der Waals surface area contributed by atoms with E-state index in [1.165, 1.54) is 5.56 Å². The summed E-state index contributed by atoms with van der Waals surface area (Å²) in [5.74, 6) is 1.55. The van der Waals surface area contributed by atoms with E-state index in [-0.39, 0.29) is 0 Å². The minimum Gasteiger partial charge on any atom is -0.492 e. The number of anilines is 3. The largest absolute Gasteiger partial charge is 0.492 e. The van der Waals surface area contributed by atoms with Crippen molar-refractivity contribution in [2.45, 2.75) is 27.2 Å². The second-order valence-corrected chi connectivity index (χ2v) is 7.32. The molecular weight excluding hydrogens is 398 g/mol. The molecule has 1 aliphatic heterocycles. The molecule has 1 heterocycles. The van der Waals surface area contributed by atoms with Crippen molar-refractivity contribution in [3.05, 3.63) is 42.0 Å². The van der Waals surface area contributed by atoms with E-state index < -0.39 is 0 Å². The maximum atomic E-state index is 5.95. The zero-order valence-electron chi connectivity index (χ0n) is 18.0. The molecule has 0 saturated carbocycles. The van der Waals surface area contributed by atoms with Gasteiger partial charge in [-0.25, -0.2) is 0 Å². The van der Waals surface area contributed by atoms with Crippen LogP contribution in [0.4, 0.5) is 17.1 Å². The minimum absolute atomic E-state index is 0.502. The van der Waals surface area contributed by atoms with Crippen LogP contribution in [0.15, 0.2) is 36.4 Å². The van der Waals surface area contributed by atoms with Crippen LogP contribution in [0.1, 0.15) is 26.3 Å². The first kappa shape index (κ1) is 22.2. The summed E-state index contributed by atoms with van der Waals surface area (Å²) in [6.07, 6.45) is 1.01. The zero-order valence-corrected chi connectivity index (χ0v) is 18.8. The molecule has 3 rings (SSSR count). The number of ether oxygens (including phenoxy) is 3. The Labute approximate surface area is 184 Å². The minimum atomic E-state index is 0.502.